The highest BCUT2D eigenvalue weighted by Gasteiger charge is 2.16. The minimum absolute atomic E-state index is 0.167. The molecule has 7 heteroatoms. The summed E-state index contributed by atoms with van der Waals surface area (Å²) in [5.41, 5.74) is 0. The van der Waals surface area contributed by atoms with Gasteiger partial charge in [0.1, 0.15) is 5.76 Å². The van der Waals surface area contributed by atoms with Crippen molar-refractivity contribution in [2.45, 2.75) is 27.2 Å². The summed E-state index contributed by atoms with van der Waals surface area (Å²) in [7, 11) is 0. The summed E-state index contributed by atoms with van der Waals surface area (Å²) in [5, 5.41) is 15.2. The molecule has 1 atom stereocenters. The van der Waals surface area contributed by atoms with Gasteiger partial charge in [-0.25, -0.2) is 0 Å². The third kappa shape index (κ3) is 5.40. The van der Waals surface area contributed by atoms with Gasteiger partial charge in [-0.2, -0.15) is 0 Å². The van der Waals surface area contributed by atoms with Crippen molar-refractivity contribution in [3.8, 4) is 0 Å². The van der Waals surface area contributed by atoms with Crippen LogP contribution in [-0.4, -0.2) is 46.7 Å². The zero-order valence-electron chi connectivity index (χ0n) is 12.0. The maximum absolute atomic E-state index is 11.7. The second kappa shape index (κ2) is 7.64. The zero-order chi connectivity index (χ0) is 15.1. The van der Waals surface area contributed by atoms with E-state index in [1.165, 1.54) is 0 Å². The molecule has 0 spiro atoms. The lowest BCUT2D eigenvalue weighted by molar-refractivity contribution is -0.141. The van der Waals surface area contributed by atoms with E-state index in [0.717, 1.165) is 0 Å². The summed E-state index contributed by atoms with van der Waals surface area (Å²) in [4.78, 5) is 24.5. The molecule has 20 heavy (non-hydrogen) atoms. The molecular weight excluding hydrogens is 262 g/mol. The van der Waals surface area contributed by atoms with Crippen molar-refractivity contribution in [3.63, 3.8) is 0 Å². The number of carboxylic acid groups (broad SMARTS) is 1. The number of nitrogens with zero attached hydrogens (tertiary/aromatic N) is 2. The van der Waals surface area contributed by atoms with E-state index >= 15 is 0 Å². The van der Waals surface area contributed by atoms with Gasteiger partial charge in [0, 0.05) is 25.6 Å². The van der Waals surface area contributed by atoms with Crippen LogP contribution >= 0.6 is 0 Å². The van der Waals surface area contributed by atoms with Crippen LogP contribution in [0.1, 0.15) is 26.0 Å². The molecule has 1 aromatic heterocycles. The van der Waals surface area contributed by atoms with Gasteiger partial charge in [-0.15, -0.1) is 0 Å². The first kappa shape index (κ1) is 16.2. The average Bonchev–Trinajstić information content (AvgIpc) is 2.79. The summed E-state index contributed by atoms with van der Waals surface area (Å²) in [6, 6.07) is 1.64. The normalized spacial score (nSPS) is 12.4. The molecule has 0 saturated carbocycles. The van der Waals surface area contributed by atoms with E-state index in [0.29, 0.717) is 31.2 Å². The Morgan fingerprint density at radius 2 is 2.25 bits per heavy atom. The molecule has 1 amide bonds. The number of anilines is 1. The maximum atomic E-state index is 11.7. The lowest BCUT2D eigenvalue weighted by Crippen LogP contribution is -2.34. The Hall–Kier alpha value is -1.89. The first-order chi connectivity index (χ1) is 9.42. The minimum Gasteiger partial charge on any atom is -0.481 e. The molecule has 2 N–H and O–H groups in total. The molecule has 7 nitrogen and oxygen atoms in total. The summed E-state index contributed by atoms with van der Waals surface area (Å²) >= 11 is 0. The van der Waals surface area contributed by atoms with Crippen molar-refractivity contribution in [2.24, 2.45) is 5.92 Å². The molecule has 1 unspecified atom stereocenters. The molecule has 1 heterocycles. The number of carbonyl (C=O) groups is 2. The van der Waals surface area contributed by atoms with Crippen molar-refractivity contribution in [2.75, 3.05) is 25.0 Å². The summed E-state index contributed by atoms with van der Waals surface area (Å²) < 4.78 is 4.85. The monoisotopic (exact) mass is 283 g/mol. The van der Waals surface area contributed by atoms with Gasteiger partial charge in [0.25, 0.3) is 0 Å². The highest BCUT2D eigenvalue weighted by molar-refractivity contribution is 5.89. The summed E-state index contributed by atoms with van der Waals surface area (Å²) in [6.07, 6.45) is 0.284. The molecule has 0 radical (unpaired) electrons. The standard InChI is InChI=1S/C13H21N3O4/c1-4-16(8-9(2)13(18)19)6-5-12(17)14-11-7-10(3)20-15-11/h7,9H,4-6,8H2,1-3H3,(H,18,19)(H,14,15,17). The molecule has 0 saturated heterocycles. The molecule has 0 aliphatic heterocycles. The fourth-order valence-electron chi connectivity index (χ4n) is 1.73. The van der Waals surface area contributed by atoms with E-state index in [1.54, 1.807) is 19.9 Å². The van der Waals surface area contributed by atoms with Gasteiger partial charge in [0.2, 0.25) is 5.91 Å². The maximum Gasteiger partial charge on any atom is 0.307 e. The Kier molecular flexibility index (Phi) is 6.17. The first-order valence-electron chi connectivity index (χ1n) is 6.60. The van der Waals surface area contributed by atoms with Crippen molar-refractivity contribution in [1.82, 2.24) is 10.1 Å². The molecule has 0 aliphatic carbocycles. The Bertz CT molecular complexity index is 458. The minimum atomic E-state index is -0.828. The van der Waals surface area contributed by atoms with Crippen LogP contribution in [0.3, 0.4) is 0 Å². The highest BCUT2D eigenvalue weighted by Crippen LogP contribution is 2.08. The van der Waals surface area contributed by atoms with E-state index < -0.39 is 11.9 Å². The number of hydrogen-bond acceptors (Lipinski definition) is 5. The third-order valence-corrected chi connectivity index (χ3v) is 2.95. The van der Waals surface area contributed by atoms with Crippen LogP contribution in [0.5, 0.6) is 0 Å². The molecule has 112 valence electrons. The van der Waals surface area contributed by atoms with E-state index in [9.17, 15) is 9.59 Å². The molecular formula is C13H21N3O4. The number of aromatic nitrogens is 1. The van der Waals surface area contributed by atoms with Crippen LogP contribution in [0.2, 0.25) is 0 Å². The van der Waals surface area contributed by atoms with Gasteiger partial charge < -0.3 is 19.8 Å². The van der Waals surface area contributed by atoms with E-state index in [2.05, 4.69) is 10.5 Å². The lowest BCUT2D eigenvalue weighted by Gasteiger charge is -2.21. The number of aliphatic carboxylic acids is 1. The van der Waals surface area contributed by atoms with Crippen LogP contribution in [0.25, 0.3) is 0 Å². The smallest absolute Gasteiger partial charge is 0.307 e. The largest absolute Gasteiger partial charge is 0.481 e. The van der Waals surface area contributed by atoms with Crippen molar-refractivity contribution in [1.29, 1.82) is 0 Å². The number of aryl methyl sites for hydroxylation is 1. The topological polar surface area (TPSA) is 95.7 Å². The summed E-state index contributed by atoms with van der Waals surface area (Å²) in [5.74, 6) is -0.415. The molecule has 0 fully saturated rings. The number of rotatable bonds is 8. The predicted octanol–water partition coefficient (Wildman–Crippen LogP) is 1.35. The lowest BCUT2D eigenvalue weighted by atomic mass is 10.1. The zero-order valence-corrected chi connectivity index (χ0v) is 12.0. The van der Waals surface area contributed by atoms with Crippen LogP contribution in [0, 0.1) is 12.8 Å². The number of nitrogens with one attached hydrogen (secondary N) is 1. The van der Waals surface area contributed by atoms with Gasteiger partial charge in [-0.3, -0.25) is 9.59 Å². The Labute approximate surface area is 117 Å². The average molecular weight is 283 g/mol. The van der Waals surface area contributed by atoms with E-state index in [4.69, 9.17) is 9.63 Å². The third-order valence-electron chi connectivity index (χ3n) is 2.95. The fraction of sp³-hybridized carbons (Fsp3) is 0.615. The van der Waals surface area contributed by atoms with Gasteiger partial charge in [0.05, 0.1) is 5.92 Å². The van der Waals surface area contributed by atoms with Crippen molar-refractivity contribution >= 4 is 17.7 Å². The second-order valence-electron chi connectivity index (χ2n) is 4.75. The van der Waals surface area contributed by atoms with Gasteiger partial charge in [0.15, 0.2) is 5.82 Å². The summed E-state index contributed by atoms with van der Waals surface area (Å²) in [6.45, 7) is 6.98. The van der Waals surface area contributed by atoms with Crippen LogP contribution in [0.15, 0.2) is 10.6 Å². The predicted molar refractivity (Wildman–Crippen MR) is 73.4 cm³/mol. The highest BCUT2D eigenvalue weighted by atomic mass is 16.5. The Morgan fingerprint density at radius 3 is 2.75 bits per heavy atom. The Morgan fingerprint density at radius 1 is 1.55 bits per heavy atom. The fourth-order valence-corrected chi connectivity index (χ4v) is 1.73. The number of carboxylic acids is 1. The molecule has 1 aromatic rings. The quantitative estimate of drug-likeness (QED) is 0.747. The van der Waals surface area contributed by atoms with Gasteiger partial charge in [-0.1, -0.05) is 19.0 Å². The molecule has 0 aromatic carbocycles. The Balaban J connectivity index is 2.36. The van der Waals surface area contributed by atoms with Crippen LogP contribution < -0.4 is 5.32 Å². The first-order valence-corrected chi connectivity index (χ1v) is 6.60. The number of amides is 1. The van der Waals surface area contributed by atoms with Crippen molar-refractivity contribution < 1.29 is 19.2 Å². The van der Waals surface area contributed by atoms with E-state index in [1.807, 2.05) is 11.8 Å². The van der Waals surface area contributed by atoms with Crippen molar-refractivity contribution in [3.05, 3.63) is 11.8 Å². The van der Waals surface area contributed by atoms with Gasteiger partial charge >= 0.3 is 5.97 Å². The van der Waals surface area contributed by atoms with Gasteiger partial charge in [-0.05, 0) is 13.5 Å². The number of hydrogen-bond donors (Lipinski definition) is 2. The molecule has 0 bridgehead atoms. The second-order valence-corrected chi connectivity index (χ2v) is 4.75. The molecule has 0 aliphatic rings. The van der Waals surface area contributed by atoms with Crippen LogP contribution in [-0.2, 0) is 9.59 Å². The SMILES string of the molecule is CCN(CCC(=O)Nc1cc(C)on1)CC(C)C(=O)O. The van der Waals surface area contributed by atoms with Crippen LogP contribution in [0.4, 0.5) is 5.82 Å². The number of carbonyl (C=O) groups excluding carboxylic acids is 1. The molecule has 1 rings (SSSR count). The van der Waals surface area contributed by atoms with E-state index in [-0.39, 0.29) is 12.3 Å².